The van der Waals surface area contributed by atoms with Gasteiger partial charge in [-0.05, 0) is 49.1 Å². The van der Waals surface area contributed by atoms with E-state index in [2.05, 4.69) is 27.3 Å². The minimum Gasteiger partial charge on any atom is -0.397 e. The maximum atomic E-state index is 12.4. The highest BCUT2D eigenvalue weighted by Crippen LogP contribution is 2.30. The van der Waals surface area contributed by atoms with Gasteiger partial charge in [-0.2, -0.15) is 0 Å². The first-order chi connectivity index (χ1) is 13.6. The van der Waals surface area contributed by atoms with E-state index in [1.165, 1.54) is 11.1 Å². The lowest BCUT2D eigenvalue weighted by Gasteiger charge is -2.34. The lowest BCUT2D eigenvalue weighted by Crippen LogP contribution is -2.35. The Kier molecular flexibility index (Phi) is 5.35. The smallest absolute Gasteiger partial charge is 0.224 e. The van der Waals surface area contributed by atoms with Crippen LogP contribution in [0, 0.1) is 5.92 Å². The molecule has 1 fully saturated rings. The molecule has 144 valence electrons. The van der Waals surface area contributed by atoms with E-state index in [4.69, 9.17) is 17.3 Å². The summed E-state index contributed by atoms with van der Waals surface area (Å²) in [5, 5.41) is 4.63. The van der Waals surface area contributed by atoms with E-state index < -0.39 is 0 Å². The number of hydrogen-bond donors (Lipinski definition) is 2. The molecule has 2 aromatic carbocycles. The second-order valence-electron chi connectivity index (χ2n) is 7.26. The van der Waals surface area contributed by atoms with Crippen LogP contribution in [0.1, 0.15) is 19.3 Å². The summed E-state index contributed by atoms with van der Waals surface area (Å²) >= 11 is 5.99. The van der Waals surface area contributed by atoms with E-state index in [-0.39, 0.29) is 5.91 Å². The molecule has 0 aliphatic carbocycles. The van der Waals surface area contributed by atoms with Crippen LogP contribution in [0.25, 0.3) is 10.9 Å². The number of nitrogens with zero attached hydrogens (tertiary/aromatic N) is 2. The molecule has 5 nitrogen and oxygen atoms in total. The number of nitrogen functional groups attached to an aromatic ring is 1. The van der Waals surface area contributed by atoms with Crippen LogP contribution >= 0.6 is 11.6 Å². The fourth-order valence-corrected chi connectivity index (χ4v) is 4.01. The van der Waals surface area contributed by atoms with Crippen molar-refractivity contribution in [3.05, 3.63) is 59.8 Å². The second-order valence-corrected chi connectivity index (χ2v) is 7.70. The predicted molar refractivity (Wildman–Crippen MR) is 116 cm³/mol. The molecule has 1 saturated heterocycles. The molecule has 3 N–H and O–H groups in total. The van der Waals surface area contributed by atoms with Gasteiger partial charge in [-0.15, -0.1) is 0 Å². The molecule has 6 heteroatoms. The molecular formula is C22H23ClN4O. The summed E-state index contributed by atoms with van der Waals surface area (Å²) in [6, 6.07) is 15.4. The van der Waals surface area contributed by atoms with Gasteiger partial charge in [0, 0.05) is 41.8 Å². The molecule has 0 bridgehead atoms. The summed E-state index contributed by atoms with van der Waals surface area (Å²) in [5.41, 5.74) is 9.26. The zero-order chi connectivity index (χ0) is 19.5. The van der Waals surface area contributed by atoms with Gasteiger partial charge in [0.05, 0.1) is 16.9 Å². The number of nitrogens with two attached hydrogens (primary N) is 1. The lowest BCUT2D eigenvalue weighted by atomic mass is 9.92. The number of piperidine rings is 1. The van der Waals surface area contributed by atoms with Crippen LogP contribution in [-0.4, -0.2) is 24.0 Å². The molecule has 0 radical (unpaired) electrons. The molecule has 1 aliphatic heterocycles. The van der Waals surface area contributed by atoms with E-state index in [0.29, 0.717) is 28.7 Å². The maximum Gasteiger partial charge on any atom is 0.224 e. The van der Waals surface area contributed by atoms with Crippen LogP contribution in [0.15, 0.2) is 54.7 Å². The van der Waals surface area contributed by atoms with Crippen molar-refractivity contribution in [1.82, 2.24) is 4.98 Å². The maximum absolute atomic E-state index is 12.4. The fraction of sp³-hybridized carbons (Fsp3) is 0.273. The first-order valence-corrected chi connectivity index (χ1v) is 9.91. The van der Waals surface area contributed by atoms with Crippen LogP contribution in [0.2, 0.25) is 5.02 Å². The summed E-state index contributed by atoms with van der Waals surface area (Å²) in [6.45, 7) is 1.87. The van der Waals surface area contributed by atoms with E-state index in [9.17, 15) is 4.79 Å². The van der Waals surface area contributed by atoms with Crippen LogP contribution in [-0.2, 0) is 4.79 Å². The van der Waals surface area contributed by atoms with Crippen LogP contribution in [0.3, 0.4) is 0 Å². The Bertz CT molecular complexity index is 993. The Morgan fingerprint density at radius 1 is 1.18 bits per heavy atom. The number of anilines is 3. The molecule has 2 heterocycles. The van der Waals surface area contributed by atoms with Gasteiger partial charge >= 0.3 is 0 Å². The molecule has 0 unspecified atom stereocenters. The predicted octanol–water partition coefficient (Wildman–Crippen LogP) is 4.72. The molecule has 1 aromatic heterocycles. The molecule has 3 aromatic rings. The third-order valence-corrected chi connectivity index (χ3v) is 5.58. The minimum absolute atomic E-state index is 0.0122. The van der Waals surface area contributed by atoms with Gasteiger partial charge in [-0.25, -0.2) is 0 Å². The number of rotatable bonds is 4. The zero-order valence-corrected chi connectivity index (χ0v) is 16.3. The average molecular weight is 395 g/mol. The number of carbonyl (C=O) groups is 1. The van der Waals surface area contributed by atoms with Gasteiger partial charge in [0.25, 0.3) is 0 Å². The largest absolute Gasteiger partial charge is 0.397 e. The topological polar surface area (TPSA) is 71.2 Å². The number of aromatic nitrogens is 1. The molecular weight excluding hydrogens is 372 g/mol. The van der Waals surface area contributed by atoms with Crippen molar-refractivity contribution >= 4 is 45.5 Å². The molecule has 0 spiro atoms. The van der Waals surface area contributed by atoms with Gasteiger partial charge in [0.1, 0.15) is 0 Å². The van der Waals surface area contributed by atoms with Crippen molar-refractivity contribution in [2.75, 3.05) is 29.0 Å². The van der Waals surface area contributed by atoms with E-state index in [0.717, 1.165) is 31.4 Å². The number of pyridine rings is 1. The third-order valence-electron chi connectivity index (χ3n) is 5.34. The number of amides is 1. The summed E-state index contributed by atoms with van der Waals surface area (Å²) in [5.74, 6) is 0.353. The van der Waals surface area contributed by atoms with Gasteiger partial charge in [0.15, 0.2) is 0 Å². The summed E-state index contributed by atoms with van der Waals surface area (Å²) in [6.07, 6.45) is 4.33. The number of fused-ring (bicyclic) bond motifs is 1. The highest BCUT2D eigenvalue weighted by atomic mass is 35.5. The zero-order valence-electron chi connectivity index (χ0n) is 15.6. The van der Waals surface area contributed by atoms with Gasteiger partial charge < -0.3 is 16.0 Å². The van der Waals surface area contributed by atoms with Gasteiger partial charge in [-0.1, -0.05) is 29.8 Å². The number of halogens is 1. The molecule has 0 saturated carbocycles. The van der Waals surface area contributed by atoms with Crippen LogP contribution in [0.4, 0.5) is 17.1 Å². The van der Waals surface area contributed by atoms with E-state index in [1.807, 2.05) is 24.4 Å². The SMILES string of the molecule is Nc1ccc(Cl)cc1NC(=O)CC1CCN(c2ccnc3ccccc23)CC1. The Labute approximate surface area is 169 Å². The summed E-state index contributed by atoms with van der Waals surface area (Å²) in [7, 11) is 0. The molecule has 1 aliphatic rings. The van der Waals surface area contributed by atoms with Crippen molar-refractivity contribution < 1.29 is 4.79 Å². The monoisotopic (exact) mass is 394 g/mol. The fourth-order valence-electron chi connectivity index (χ4n) is 3.83. The van der Waals surface area contributed by atoms with Crippen molar-refractivity contribution in [3.63, 3.8) is 0 Å². The quantitative estimate of drug-likeness (QED) is 0.628. The molecule has 0 atom stereocenters. The van der Waals surface area contributed by atoms with E-state index >= 15 is 0 Å². The Morgan fingerprint density at radius 2 is 1.96 bits per heavy atom. The highest BCUT2D eigenvalue weighted by Gasteiger charge is 2.23. The lowest BCUT2D eigenvalue weighted by molar-refractivity contribution is -0.117. The van der Waals surface area contributed by atoms with Gasteiger partial charge in [0.2, 0.25) is 5.91 Å². The normalized spacial score (nSPS) is 15.0. The van der Waals surface area contributed by atoms with Crippen molar-refractivity contribution in [2.45, 2.75) is 19.3 Å². The number of para-hydroxylation sites is 1. The number of nitrogens with one attached hydrogen (secondary N) is 1. The van der Waals surface area contributed by atoms with E-state index in [1.54, 1.807) is 18.2 Å². The minimum atomic E-state index is -0.0122. The number of carbonyl (C=O) groups excluding carboxylic acids is 1. The Balaban J connectivity index is 1.36. The summed E-state index contributed by atoms with van der Waals surface area (Å²) in [4.78, 5) is 19.3. The molecule has 28 heavy (non-hydrogen) atoms. The highest BCUT2D eigenvalue weighted by molar-refractivity contribution is 6.31. The van der Waals surface area contributed by atoms with Crippen molar-refractivity contribution in [1.29, 1.82) is 0 Å². The van der Waals surface area contributed by atoms with Crippen LogP contribution in [0.5, 0.6) is 0 Å². The number of benzene rings is 2. The average Bonchev–Trinajstić information content (AvgIpc) is 2.71. The Morgan fingerprint density at radius 3 is 2.79 bits per heavy atom. The second kappa shape index (κ2) is 8.07. The first-order valence-electron chi connectivity index (χ1n) is 9.54. The summed E-state index contributed by atoms with van der Waals surface area (Å²) < 4.78 is 0. The first kappa shape index (κ1) is 18.6. The standard InChI is InChI=1S/C22H23ClN4O/c23-16-5-6-18(24)20(14-16)26-22(28)13-15-8-11-27(12-9-15)21-7-10-25-19-4-2-1-3-17(19)21/h1-7,10,14-15H,8-9,11-13,24H2,(H,26,28). The molecule has 4 rings (SSSR count). The van der Waals surface area contributed by atoms with Crippen LogP contribution < -0.4 is 16.0 Å². The van der Waals surface area contributed by atoms with Crippen molar-refractivity contribution in [2.24, 2.45) is 5.92 Å². The van der Waals surface area contributed by atoms with Crippen molar-refractivity contribution in [3.8, 4) is 0 Å². The number of hydrogen-bond acceptors (Lipinski definition) is 4. The molecule has 1 amide bonds. The van der Waals surface area contributed by atoms with Gasteiger partial charge in [-0.3, -0.25) is 9.78 Å². The Hall–Kier alpha value is -2.79. The third kappa shape index (κ3) is 4.04.